The van der Waals surface area contributed by atoms with Crippen molar-refractivity contribution in [1.82, 2.24) is 9.55 Å². The molecule has 0 saturated heterocycles. The highest BCUT2D eigenvalue weighted by molar-refractivity contribution is 7.86. The summed E-state index contributed by atoms with van der Waals surface area (Å²) in [4.78, 5) is 3.92. The van der Waals surface area contributed by atoms with E-state index in [0.717, 1.165) is 6.42 Å². The van der Waals surface area contributed by atoms with E-state index in [1.807, 2.05) is 10.8 Å². The van der Waals surface area contributed by atoms with E-state index < -0.39 is 15.6 Å². The van der Waals surface area contributed by atoms with Crippen LogP contribution in [-0.4, -0.2) is 35.1 Å². The topological polar surface area (TPSA) is 81.4 Å². The maximum atomic E-state index is 10.7. The Morgan fingerprint density at radius 2 is 2.00 bits per heavy atom. The second kappa shape index (κ2) is 6.71. The average molecular weight is 290 g/mol. The van der Waals surface area contributed by atoms with E-state index in [9.17, 15) is 13.2 Å². The van der Waals surface area contributed by atoms with Crippen LogP contribution in [0.25, 0.3) is 0 Å². The van der Waals surface area contributed by atoms with E-state index in [1.54, 1.807) is 19.6 Å². The minimum absolute atomic E-state index is 0.141. The number of imidazole rings is 1. The van der Waals surface area contributed by atoms with Crippen molar-refractivity contribution >= 4 is 10.1 Å². The van der Waals surface area contributed by atoms with Gasteiger partial charge in [0.05, 0.1) is 6.33 Å². The van der Waals surface area contributed by atoms with Gasteiger partial charge < -0.3 is 9.30 Å². The van der Waals surface area contributed by atoms with Crippen molar-refractivity contribution < 1.29 is 30.9 Å². The number of rotatable bonds is 3. The number of halogens is 3. The van der Waals surface area contributed by atoms with E-state index in [0.29, 0.717) is 0 Å². The van der Waals surface area contributed by atoms with Crippen molar-refractivity contribution in [1.29, 1.82) is 0 Å². The van der Waals surface area contributed by atoms with E-state index in [-0.39, 0.29) is 6.23 Å². The maximum absolute atomic E-state index is 10.7. The summed E-state index contributed by atoms with van der Waals surface area (Å²) in [6.45, 7) is 2.08. The van der Waals surface area contributed by atoms with Gasteiger partial charge in [0.25, 0.3) is 0 Å². The van der Waals surface area contributed by atoms with Crippen LogP contribution in [0.5, 0.6) is 0 Å². The molecule has 0 aliphatic rings. The van der Waals surface area contributed by atoms with Gasteiger partial charge in [0.1, 0.15) is 6.23 Å². The molecule has 0 radical (unpaired) electrons. The van der Waals surface area contributed by atoms with E-state index in [1.165, 1.54) is 0 Å². The summed E-state index contributed by atoms with van der Waals surface area (Å²) >= 11 is 0. The Balaban J connectivity index is 0.000000331. The zero-order valence-electron chi connectivity index (χ0n) is 9.63. The second-order valence-corrected chi connectivity index (χ2v) is 4.44. The number of aromatic nitrogens is 2. The van der Waals surface area contributed by atoms with Gasteiger partial charge in [-0.05, 0) is 6.42 Å². The molecule has 1 unspecified atom stereocenters. The van der Waals surface area contributed by atoms with Crippen LogP contribution in [0.15, 0.2) is 18.7 Å². The predicted molar refractivity (Wildman–Crippen MR) is 56.2 cm³/mol. The standard InChI is InChI=1S/C7H12N2O.CHF3O3S/c1-3-7(10-2)9-5-4-8-6-9;2-1(3,4)8(5,6)7/h4-7H,3H2,1-2H3;(H,5,6,7). The first kappa shape index (κ1) is 16.9. The number of ether oxygens (including phenoxy) is 1. The van der Waals surface area contributed by atoms with Gasteiger partial charge in [0.2, 0.25) is 0 Å². The Morgan fingerprint density at radius 1 is 1.50 bits per heavy atom. The van der Waals surface area contributed by atoms with Crippen LogP contribution in [-0.2, 0) is 14.9 Å². The van der Waals surface area contributed by atoms with Crippen LogP contribution in [0, 0.1) is 0 Å². The molecule has 10 heteroatoms. The SMILES string of the molecule is CCC(OC)n1ccnc1.O=S(=O)(O)C(F)(F)F. The monoisotopic (exact) mass is 290 g/mol. The van der Waals surface area contributed by atoms with E-state index >= 15 is 0 Å². The first-order chi connectivity index (χ1) is 8.13. The van der Waals surface area contributed by atoms with Crippen molar-refractivity contribution in [3.63, 3.8) is 0 Å². The molecular formula is C8H13F3N2O4S. The van der Waals surface area contributed by atoms with E-state index in [4.69, 9.17) is 17.7 Å². The molecule has 0 spiro atoms. The van der Waals surface area contributed by atoms with Crippen molar-refractivity contribution in [2.45, 2.75) is 25.1 Å². The van der Waals surface area contributed by atoms with Crippen molar-refractivity contribution in [2.75, 3.05) is 7.11 Å². The van der Waals surface area contributed by atoms with Crippen LogP contribution >= 0.6 is 0 Å². The molecule has 0 aliphatic heterocycles. The lowest BCUT2D eigenvalue weighted by molar-refractivity contribution is -0.0510. The lowest BCUT2D eigenvalue weighted by atomic mass is 10.4. The summed E-state index contributed by atoms with van der Waals surface area (Å²) in [5, 5.41) is 0. The summed E-state index contributed by atoms with van der Waals surface area (Å²) in [5.74, 6) is 0. The highest BCUT2D eigenvalue weighted by Crippen LogP contribution is 2.20. The first-order valence-electron chi connectivity index (χ1n) is 4.67. The van der Waals surface area contributed by atoms with Gasteiger partial charge >= 0.3 is 15.6 Å². The maximum Gasteiger partial charge on any atom is 0.522 e. The molecule has 1 aromatic rings. The minimum atomic E-state index is -5.84. The highest BCUT2D eigenvalue weighted by atomic mass is 32.2. The summed E-state index contributed by atoms with van der Waals surface area (Å²) < 4.78 is 64.7. The molecule has 6 nitrogen and oxygen atoms in total. The molecule has 18 heavy (non-hydrogen) atoms. The zero-order valence-corrected chi connectivity index (χ0v) is 10.4. The molecule has 106 valence electrons. The van der Waals surface area contributed by atoms with Crippen LogP contribution in [0.4, 0.5) is 13.2 Å². The quantitative estimate of drug-likeness (QED) is 0.678. The number of hydrogen-bond acceptors (Lipinski definition) is 4. The van der Waals surface area contributed by atoms with E-state index in [2.05, 4.69) is 11.9 Å². The molecule has 0 saturated carbocycles. The number of hydrogen-bond donors (Lipinski definition) is 1. The van der Waals surface area contributed by atoms with Gasteiger partial charge in [-0.15, -0.1) is 0 Å². The predicted octanol–water partition coefficient (Wildman–Crippen LogP) is 1.83. The molecule has 0 aromatic carbocycles. The first-order valence-corrected chi connectivity index (χ1v) is 6.11. The van der Waals surface area contributed by atoms with Crippen molar-refractivity contribution in [2.24, 2.45) is 0 Å². The summed E-state index contributed by atoms with van der Waals surface area (Å²) in [6.07, 6.45) is 6.52. The summed E-state index contributed by atoms with van der Waals surface area (Å²) in [6, 6.07) is 0. The molecule has 1 aromatic heterocycles. The number of methoxy groups -OCH3 is 1. The lowest BCUT2D eigenvalue weighted by Crippen LogP contribution is -2.21. The average Bonchev–Trinajstić information content (AvgIpc) is 2.71. The third kappa shape index (κ3) is 5.47. The Kier molecular flexibility index (Phi) is 6.29. The van der Waals surface area contributed by atoms with Crippen LogP contribution in [0.1, 0.15) is 19.6 Å². The van der Waals surface area contributed by atoms with Crippen LogP contribution < -0.4 is 0 Å². The summed E-state index contributed by atoms with van der Waals surface area (Å²) in [7, 11) is -4.14. The molecule has 0 aliphatic carbocycles. The van der Waals surface area contributed by atoms with Gasteiger partial charge in [-0.1, -0.05) is 6.92 Å². The molecule has 1 atom stereocenters. The number of alkyl halides is 3. The largest absolute Gasteiger partial charge is 0.522 e. The van der Waals surface area contributed by atoms with Gasteiger partial charge in [0, 0.05) is 19.5 Å². The van der Waals surface area contributed by atoms with Crippen molar-refractivity contribution in [3.05, 3.63) is 18.7 Å². The Bertz CT molecular complexity index is 426. The third-order valence-corrected chi connectivity index (χ3v) is 2.36. The fourth-order valence-electron chi connectivity index (χ4n) is 0.939. The smallest absolute Gasteiger partial charge is 0.361 e. The fraction of sp³-hybridized carbons (Fsp3) is 0.625. The second-order valence-electron chi connectivity index (χ2n) is 3.03. The molecule has 1 heterocycles. The zero-order chi connectivity index (χ0) is 14.4. The molecule has 0 bridgehead atoms. The number of nitrogens with zero attached hydrogens (tertiary/aromatic N) is 2. The highest BCUT2D eigenvalue weighted by Gasteiger charge is 2.44. The molecule has 1 N–H and O–H groups in total. The molecule has 0 fully saturated rings. The minimum Gasteiger partial charge on any atom is -0.361 e. The normalized spacial score (nSPS) is 13.7. The fourth-order valence-corrected chi connectivity index (χ4v) is 0.939. The Labute approximate surface area is 102 Å². The molecule has 1 rings (SSSR count). The van der Waals surface area contributed by atoms with Gasteiger partial charge in [0.15, 0.2) is 0 Å². The van der Waals surface area contributed by atoms with Gasteiger partial charge in [-0.3, -0.25) is 4.55 Å². The lowest BCUT2D eigenvalue weighted by Gasteiger charge is -2.13. The third-order valence-electron chi connectivity index (χ3n) is 1.77. The summed E-state index contributed by atoms with van der Waals surface area (Å²) in [5.41, 5.74) is -5.53. The van der Waals surface area contributed by atoms with Gasteiger partial charge in [-0.25, -0.2) is 4.98 Å². The van der Waals surface area contributed by atoms with Crippen molar-refractivity contribution in [3.8, 4) is 0 Å². The van der Waals surface area contributed by atoms with Crippen LogP contribution in [0.3, 0.4) is 0 Å². The van der Waals surface area contributed by atoms with Crippen LogP contribution in [0.2, 0.25) is 0 Å². The Morgan fingerprint density at radius 3 is 2.22 bits per heavy atom. The molecular weight excluding hydrogens is 277 g/mol. The Hall–Kier alpha value is -1.13. The van der Waals surface area contributed by atoms with Gasteiger partial charge in [-0.2, -0.15) is 21.6 Å². The molecule has 0 amide bonds.